The van der Waals surface area contributed by atoms with Gasteiger partial charge < -0.3 is 50.8 Å². The van der Waals surface area contributed by atoms with Crippen molar-refractivity contribution in [3.05, 3.63) is 91.0 Å². The highest BCUT2D eigenvalue weighted by atomic mass is 35.5. The Labute approximate surface area is 432 Å². The highest BCUT2D eigenvalue weighted by Gasteiger charge is 2.17. The number of carbonyl (C=O) groups excluding carboxylic acids is 2. The minimum atomic E-state index is -1.05. The Kier molecular flexibility index (Phi) is 18.7. The van der Waals surface area contributed by atoms with E-state index in [4.69, 9.17) is 46.5 Å². The van der Waals surface area contributed by atoms with Crippen LogP contribution in [0.25, 0.3) is 33.7 Å². The first-order chi connectivity index (χ1) is 35.7. The van der Waals surface area contributed by atoms with E-state index in [1.165, 1.54) is 10.9 Å². The number of aliphatic carboxylic acids is 2. The molecule has 0 atom stereocenters. The highest BCUT2D eigenvalue weighted by Crippen LogP contribution is 2.21. The molecule has 0 aliphatic carbocycles. The lowest BCUT2D eigenvalue weighted by molar-refractivity contribution is -0.140. The van der Waals surface area contributed by atoms with Crippen molar-refractivity contribution in [1.29, 1.82) is 0 Å². The number of aryl methyl sites for hydroxylation is 2. The minimum absolute atomic E-state index is 0.104. The van der Waals surface area contributed by atoms with Crippen LogP contribution in [-0.2, 0) is 32.2 Å². The van der Waals surface area contributed by atoms with E-state index in [9.17, 15) is 19.2 Å². The molecule has 0 fully saturated rings. The summed E-state index contributed by atoms with van der Waals surface area (Å²) in [7, 11) is 0. The van der Waals surface area contributed by atoms with Gasteiger partial charge in [-0.1, -0.05) is 10.4 Å². The molecule has 6 aromatic heterocycles. The fourth-order valence-electron chi connectivity index (χ4n) is 6.17. The Balaban J connectivity index is 0.000000202. The van der Waals surface area contributed by atoms with Crippen molar-refractivity contribution in [2.24, 2.45) is 0 Å². The first kappa shape index (κ1) is 55.1. The molecule has 8 aromatic rings. The number of carboxylic acid groups (broad SMARTS) is 2. The first-order valence-corrected chi connectivity index (χ1v) is 23.3. The van der Waals surface area contributed by atoms with Crippen LogP contribution in [0.4, 0.5) is 26.9 Å². The molecule has 0 aliphatic rings. The predicted molar refractivity (Wildman–Crippen MR) is 270 cm³/mol. The van der Waals surface area contributed by atoms with Crippen LogP contribution in [0.3, 0.4) is 0 Å². The average molecular weight is 1060 g/mol. The number of anilines is 3. The van der Waals surface area contributed by atoms with Crippen LogP contribution in [0.2, 0.25) is 5.28 Å². The van der Waals surface area contributed by atoms with Crippen LogP contribution < -0.4 is 31.2 Å². The summed E-state index contributed by atoms with van der Waals surface area (Å²) in [5, 5.41) is 50.4. The fourth-order valence-corrected chi connectivity index (χ4v) is 6.30. The van der Waals surface area contributed by atoms with Gasteiger partial charge in [0.25, 0.3) is 0 Å². The van der Waals surface area contributed by atoms with Crippen LogP contribution in [0.15, 0.2) is 85.7 Å². The zero-order valence-electron chi connectivity index (χ0n) is 41.6. The average Bonchev–Trinajstić information content (AvgIpc) is 4.17. The number of nitrogen functional groups attached to an aromatic ring is 1. The SMILES string of the molecule is CC(C)(C)OC(=O)NCCCn1cc(N)cn1.CC(C)(C)OC(=O)NCCCn1cc(Nc2ncc3nnn(-c4ccc(OCC(=O)O)cc4)c3n2)cn1.O=C(O)COc1ccc(-n2nnc3cnc(Cl)nc32)cc1. The van der Waals surface area contributed by atoms with Gasteiger partial charge in [0, 0.05) is 38.6 Å². The number of hydrogen-bond acceptors (Lipinski definition) is 20. The molecule has 0 unspecified atom stereocenters. The molecule has 0 aliphatic heterocycles. The number of benzene rings is 2. The number of nitrogens with two attached hydrogens (primary N) is 1. The smallest absolute Gasteiger partial charge is 0.407 e. The van der Waals surface area contributed by atoms with E-state index in [0.717, 1.165) is 6.42 Å². The predicted octanol–water partition coefficient (Wildman–Crippen LogP) is 5.24. The van der Waals surface area contributed by atoms with Crippen LogP contribution in [0.1, 0.15) is 54.4 Å². The molecule has 396 valence electrons. The Hall–Kier alpha value is -9.21. The molecular formula is C46H55ClN18O10. The number of carbonyl (C=O) groups is 4. The Morgan fingerprint density at radius 2 is 1.11 bits per heavy atom. The van der Waals surface area contributed by atoms with Gasteiger partial charge in [0.15, 0.2) is 35.5 Å². The number of ether oxygens (including phenoxy) is 4. The second-order valence-corrected chi connectivity index (χ2v) is 18.2. The Bertz CT molecular complexity index is 3160. The van der Waals surface area contributed by atoms with Gasteiger partial charge in [-0.15, -0.1) is 10.2 Å². The summed E-state index contributed by atoms with van der Waals surface area (Å²) in [4.78, 5) is 60.8. The maximum atomic E-state index is 11.7. The van der Waals surface area contributed by atoms with E-state index >= 15 is 0 Å². The van der Waals surface area contributed by atoms with Crippen molar-refractivity contribution in [3.8, 4) is 22.9 Å². The largest absolute Gasteiger partial charge is 0.482 e. The topological polar surface area (TPSA) is 356 Å². The number of aromatic nitrogens is 14. The van der Waals surface area contributed by atoms with Gasteiger partial charge in [-0.25, -0.2) is 29.1 Å². The van der Waals surface area contributed by atoms with Crippen molar-refractivity contribution in [2.75, 3.05) is 37.4 Å². The molecule has 2 amide bonds. The Morgan fingerprint density at radius 1 is 0.640 bits per heavy atom. The molecule has 0 saturated carbocycles. The van der Waals surface area contributed by atoms with Crippen LogP contribution in [-0.4, -0.2) is 141 Å². The third-order valence-corrected chi connectivity index (χ3v) is 9.43. The van der Waals surface area contributed by atoms with Crippen molar-refractivity contribution in [3.63, 3.8) is 0 Å². The van der Waals surface area contributed by atoms with Gasteiger partial charge in [0.1, 0.15) is 22.7 Å². The summed E-state index contributed by atoms with van der Waals surface area (Å²) in [5.74, 6) is -0.886. The van der Waals surface area contributed by atoms with E-state index in [2.05, 4.69) is 66.7 Å². The number of nitrogens with one attached hydrogen (secondary N) is 3. The molecule has 75 heavy (non-hydrogen) atoms. The summed E-state index contributed by atoms with van der Waals surface area (Å²) in [6.45, 7) is 12.4. The molecule has 29 heteroatoms. The summed E-state index contributed by atoms with van der Waals surface area (Å²) < 4.78 is 27.1. The molecule has 7 N–H and O–H groups in total. The molecule has 0 saturated heterocycles. The Morgan fingerprint density at radius 3 is 1.57 bits per heavy atom. The standard InChI is InChI=1S/C23H27N9O5.C12H8ClN5O3.C11H20N4O2/c1-23(2,3)37-22(35)24-9-4-10-31-13-15(11-26-31)27-21-25-12-18-20(28-21)32(30-29-18)16-5-7-17(8-6-16)36-14-19(33)34;13-12-14-5-9-11(15-12)18(17-16-9)7-1-3-8(4-2-7)21-6-10(19)20;1-11(2,3)17-10(16)13-5-4-6-15-8-9(12)7-14-15/h5-8,11-13H,4,9-10,14H2,1-3H3,(H,24,35)(H,33,34)(H,25,27,28);1-5H,6H2,(H,19,20);7-8H,4-6,12H2,1-3H3,(H,13,16). The zero-order chi connectivity index (χ0) is 54.1. The minimum Gasteiger partial charge on any atom is -0.482 e. The number of nitrogens with zero attached hydrogens (tertiary/aromatic N) is 14. The van der Waals surface area contributed by atoms with E-state index < -0.39 is 48.5 Å². The number of alkyl carbamates (subject to hydrolysis) is 2. The first-order valence-electron chi connectivity index (χ1n) is 22.9. The maximum absolute atomic E-state index is 11.7. The van der Waals surface area contributed by atoms with Crippen molar-refractivity contribution in [2.45, 2.75) is 78.7 Å². The number of carboxylic acids is 2. The van der Waals surface area contributed by atoms with Crippen molar-refractivity contribution >= 4 is 75.4 Å². The summed E-state index contributed by atoms with van der Waals surface area (Å²) in [5.41, 5.74) is 9.22. The van der Waals surface area contributed by atoms with Gasteiger partial charge in [0.2, 0.25) is 11.2 Å². The lowest BCUT2D eigenvalue weighted by Gasteiger charge is -2.19. The molecule has 8 rings (SSSR count). The van der Waals surface area contributed by atoms with E-state index in [1.807, 2.05) is 47.7 Å². The number of fused-ring (bicyclic) bond motifs is 2. The van der Waals surface area contributed by atoms with Gasteiger partial charge >= 0.3 is 24.1 Å². The normalized spacial score (nSPS) is 11.1. The van der Waals surface area contributed by atoms with Gasteiger partial charge in [-0.2, -0.15) is 29.5 Å². The van der Waals surface area contributed by atoms with E-state index in [-0.39, 0.29) is 5.28 Å². The number of rotatable bonds is 18. The summed E-state index contributed by atoms with van der Waals surface area (Å²) >= 11 is 5.76. The van der Waals surface area contributed by atoms with E-state index in [0.29, 0.717) is 95.1 Å². The second-order valence-electron chi connectivity index (χ2n) is 17.8. The monoisotopic (exact) mass is 1050 g/mol. The molecule has 6 heterocycles. The number of hydrogen-bond donors (Lipinski definition) is 6. The molecule has 0 bridgehead atoms. The van der Waals surface area contributed by atoms with E-state index in [1.54, 1.807) is 87.4 Å². The zero-order valence-corrected chi connectivity index (χ0v) is 42.4. The third kappa shape index (κ3) is 18.1. The van der Waals surface area contributed by atoms with Gasteiger partial charge in [-0.05, 0) is 115 Å². The summed E-state index contributed by atoms with van der Waals surface area (Å²) in [6, 6.07) is 13.4. The van der Waals surface area contributed by atoms with Crippen LogP contribution in [0, 0.1) is 0 Å². The highest BCUT2D eigenvalue weighted by molar-refractivity contribution is 6.28. The number of halogens is 1. The van der Waals surface area contributed by atoms with Crippen LogP contribution in [0.5, 0.6) is 11.5 Å². The van der Waals surface area contributed by atoms with Crippen molar-refractivity contribution < 1.29 is 48.3 Å². The van der Waals surface area contributed by atoms with Crippen LogP contribution >= 0.6 is 11.6 Å². The lowest BCUT2D eigenvalue weighted by atomic mass is 10.2. The summed E-state index contributed by atoms with van der Waals surface area (Å²) in [6.07, 6.45) is 10.5. The van der Waals surface area contributed by atoms with Gasteiger partial charge in [0.05, 0.1) is 47.5 Å². The quantitative estimate of drug-likeness (QED) is 0.0473. The van der Waals surface area contributed by atoms with Crippen molar-refractivity contribution in [1.82, 2.24) is 80.1 Å². The lowest BCUT2D eigenvalue weighted by Crippen LogP contribution is -2.33. The third-order valence-electron chi connectivity index (χ3n) is 9.25. The maximum Gasteiger partial charge on any atom is 0.407 e. The molecule has 2 aromatic carbocycles. The molecular weight excluding hydrogens is 1000 g/mol. The molecule has 0 radical (unpaired) electrons. The fraction of sp³-hybridized carbons (Fsp3) is 0.348. The second kappa shape index (κ2) is 25.4. The molecule has 28 nitrogen and oxygen atoms in total. The number of amides is 2. The molecule has 0 spiro atoms. The van der Waals surface area contributed by atoms with Gasteiger partial charge in [-0.3, -0.25) is 9.36 Å².